The minimum Gasteiger partial charge on any atom is -0.493 e. The van der Waals surface area contributed by atoms with Gasteiger partial charge in [0.15, 0.2) is 11.5 Å². The topological polar surface area (TPSA) is 70.8 Å². The fourth-order valence-electron chi connectivity index (χ4n) is 2.04. The molecule has 0 aromatic heterocycles. The van der Waals surface area contributed by atoms with E-state index in [4.69, 9.17) is 19.9 Å². The predicted octanol–water partition coefficient (Wildman–Crippen LogP) is 2.78. The highest BCUT2D eigenvalue weighted by atomic mass is 16.5. The molecule has 0 saturated carbocycles. The fraction of sp³-hybridized carbons (Fsp3) is 0.167. The third kappa shape index (κ3) is 4.51. The Morgan fingerprint density at radius 3 is 2.30 bits per heavy atom. The van der Waals surface area contributed by atoms with Crippen molar-refractivity contribution >= 4 is 12.0 Å². The maximum atomic E-state index is 11.0. The van der Waals surface area contributed by atoms with Gasteiger partial charge in [-0.1, -0.05) is 30.3 Å². The summed E-state index contributed by atoms with van der Waals surface area (Å²) in [5.74, 6) is 1.13. The van der Waals surface area contributed by atoms with Crippen molar-refractivity contribution in [2.75, 3.05) is 14.2 Å². The number of hydrogen-bond acceptors (Lipinski definition) is 4. The van der Waals surface area contributed by atoms with Crippen LogP contribution in [0.4, 0.5) is 0 Å². The molecule has 0 spiro atoms. The highest BCUT2D eigenvalue weighted by Gasteiger charge is 2.11. The quantitative estimate of drug-likeness (QED) is 0.798. The highest BCUT2D eigenvalue weighted by Crippen LogP contribution is 2.35. The van der Waals surface area contributed by atoms with Gasteiger partial charge in [0, 0.05) is 17.7 Å². The Hall–Kier alpha value is -2.95. The van der Waals surface area contributed by atoms with E-state index in [1.165, 1.54) is 6.08 Å². The lowest BCUT2D eigenvalue weighted by atomic mass is 10.1. The summed E-state index contributed by atoms with van der Waals surface area (Å²) in [6.07, 6.45) is 2.86. The van der Waals surface area contributed by atoms with Crippen LogP contribution in [0.15, 0.2) is 48.5 Å². The molecule has 0 fully saturated rings. The standard InChI is InChI=1S/C18H19NO4/c1-21-16-10-14(8-9-18(19)20)15(11-17(16)22-2)23-12-13-6-4-3-5-7-13/h3-11H,12H2,1-2H3,(H2,19,20)/b9-8+. The summed E-state index contributed by atoms with van der Waals surface area (Å²) in [5, 5.41) is 0. The van der Waals surface area contributed by atoms with Crippen molar-refractivity contribution in [2.45, 2.75) is 6.61 Å². The molecule has 2 N–H and O–H groups in total. The van der Waals surface area contributed by atoms with Gasteiger partial charge in [0.25, 0.3) is 0 Å². The Balaban J connectivity index is 2.32. The maximum absolute atomic E-state index is 11.0. The third-order valence-corrected chi connectivity index (χ3v) is 3.18. The first kappa shape index (κ1) is 16.4. The smallest absolute Gasteiger partial charge is 0.241 e. The molecule has 2 aromatic carbocycles. The number of benzene rings is 2. The zero-order valence-corrected chi connectivity index (χ0v) is 13.1. The molecule has 2 aromatic rings. The maximum Gasteiger partial charge on any atom is 0.241 e. The molecule has 0 unspecified atom stereocenters. The second-order valence-corrected chi connectivity index (χ2v) is 4.75. The van der Waals surface area contributed by atoms with Crippen molar-refractivity contribution in [2.24, 2.45) is 5.73 Å². The summed E-state index contributed by atoms with van der Waals surface area (Å²) >= 11 is 0. The summed E-state index contributed by atoms with van der Waals surface area (Å²) in [5.41, 5.74) is 6.87. The number of carbonyl (C=O) groups is 1. The number of rotatable bonds is 7. The molecule has 5 heteroatoms. The van der Waals surface area contributed by atoms with Crippen LogP contribution in [0.5, 0.6) is 17.2 Å². The highest BCUT2D eigenvalue weighted by molar-refractivity contribution is 5.90. The van der Waals surface area contributed by atoms with Gasteiger partial charge < -0.3 is 19.9 Å². The van der Waals surface area contributed by atoms with Gasteiger partial charge in [0.2, 0.25) is 5.91 Å². The molecule has 5 nitrogen and oxygen atoms in total. The monoisotopic (exact) mass is 313 g/mol. The molecule has 23 heavy (non-hydrogen) atoms. The summed E-state index contributed by atoms with van der Waals surface area (Å²) in [7, 11) is 3.10. The van der Waals surface area contributed by atoms with Gasteiger partial charge >= 0.3 is 0 Å². The van der Waals surface area contributed by atoms with Gasteiger partial charge in [0.1, 0.15) is 12.4 Å². The number of amides is 1. The second kappa shape index (κ2) is 7.89. The SMILES string of the molecule is COc1cc(/C=C/C(N)=O)c(OCc2ccccc2)cc1OC. The van der Waals surface area contributed by atoms with E-state index in [1.807, 2.05) is 30.3 Å². The molecule has 0 atom stereocenters. The van der Waals surface area contributed by atoms with Gasteiger partial charge in [-0.2, -0.15) is 0 Å². The van der Waals surface area contributed by atoms with Gasteiger partial charge in [-0.15, -0.1) is 0 Å². The van der Waals surface area contributed by atoms with E-state index in [9.17, 15) is 4.79 Å². The van der Waals surface area contributed by atoms with Crippen LogP contribution in [0.1, 0.15) is 11.1 Å². The van der Waals surface area contributed by atoms with E-state index in [-0.39, 0.29) is 0 Å². The molecule has 2 rings (SSSR count). The first-order valence-electron chi connectivity index (χ1n) is 7.04. The molecule has 0 aliphatic carbocycles. The van der Waals surface area contributed by atoms with E-state index in [0.29, 0.717) is 29.4 Å². The first-order valence-corrected chi connectivity index (χ1v) is 7.04. The largest absolute Gasteiger partial charge is 0.493 e. The molecule has 0 saturated heterocycles. The summed E-state index contributed by atoms with van der Waals surface area (Å²) in [6.45, 7) is 0.397. The fourth-order valence-corrected chi connectivity index (χ4v) is 2.04. The van der Waals surface area contributed by atoms with Crippen molar-refractivity contribution in [3.05, 3.63) is 59.7 Å². The normalized spacial score (nSPS) is 10.5. The average Bonchev–Trinajstić information content (AvgIpc) is 2.58. The van der Waals surface area contributed by atoms with Gasteiger partial charge in [-0.3, -0.25) is 4.79 Å². The number of nitrogens with two attached hydrogens (primary N) is 1. The molecule has 0 bridgehead atoms. The lowest BCUT2D eigenvalue weighted by molar-refractivity contribution is -0.113. The van der Waals surface area contributed by atoms with Crippen molar-refractivity contribution < 1.29 is 19.0 Å². The van der Waals surface area contributed by atoms with Crippen molar-refractivity contribution in [3.8, 4) is 17.2 Å². The summed E-state index contributed by atoms with van der Waals surface area (Å²) in [4.78, 5) is 11.0. The molecule has 1 amide bonds. The van der Waals surface area contributed by atoms with E-state index in [0.717, 1.165) is 5.56 Å². The minimum atomic E-state index is -0.534. The second-order valence-electron chi connectivity index (χ2n) is 4.75. The summed E-state index contributed by atoms with van der Waals surface area (Å²) in [6, 6.07) is 13.2. The van der Waals surface area contributed by atoms with Crippen LogP contribution in [-0.4, -0.2) is 20.1 Å². The van der Waals surface area contributed by atoms with Crippen LogP contribution >= 0.6 is 0 Å². The van der Waals surface area contributed by atoms with Gasteiger partial charge in [0.05, 0.1) is 14.2 Å². The van der Waals surface area contributed by atoms with Crippen LogP contribution in [0, 0.1) is 0 Å². The van der Waals surface area contributed by atoms with E-state index < -0.39 is 5.91 Å². The predicted molar refractivity (Wildman–Crippen MR) is 88.5 cm³/mol. The zero-order chi connectivity index (χ0) is 16.7. The number of hydrogen-bond donors (Lipinski definition) is 1. The molecule has 0 heterocycles. The van der Waals surface area contributed by atoms with E-state index in [2.05, 4.69) is 0 Å². The molecular formula is C18H19NO4. The third-order valence-electron chi connectivity index (χ3n) is 3.18. The van der Waals surface area contributed by atoms with Gasteiger partial charge in [-0.05, 0) is 17.7 Å². The Bertz CT molecular complexity index is 696. The van der Waals surface area contributed by atoms with E-state index >= 15 is 0 Å². The molecule has 0 radical (unpaired) electrons. The van der Waals surface area contributed by atoms with Crippen molar-refractivity contribution in [1.29, 1.82) is 0 Å². The van der Waals surface area contributed by atoms with E-state index in [1.54, 1.807) is 32.4 Å². The van der Waals surface area contributed by atoms with Crippen LogP contribution in [0.25, 0.3) is 6.08 Å². The Morgan fingerprint density at radius 1 is 1.04 bits per heavy atom. The number of methoxy groups -OCH3 is 2. The lowest BCUT2D eigenvalue weighted by Gasteiger charge is -2.14. The molecule has 0 aliphatic heterocycles. The van der Waals surface area contributed by atoms with Crippen LogP contribution < -0.4 is 19.9 Å². The first-order chi connectivity index (χ1) is 11.1. The Kier molecular flexibility index (Phi) is 5.63. The lowest BCUT2D eigenvalue weighted by Crippen LogP contribution is -2.05. The Morgan fingerprint density at radius 2 is 1.70 bits per heavy atom. The number of ether oxygens (including phenoxy) is 3. The molecule has 120 valence electrons. The number of primary amides is 1. The van der Waals surface area contributed by atoms with Crippen LogP contribution in [0.2, 0.25) is 0 Å². The molecule has 0 aliphatic rings. The minimum absolute atomic E-state index is 0.397. The van der Waals surface area contributed by atoms with Crippen molar-refractivity contribution in [1.82, 2.24) is 0 Å². The van der Waals surface area contributed by atoms with Crippen LogP contribution in [-0.2, 0) is 11.4 Å². The summed E-state index contributed by atoms with van der Waals surface area (Å²) < 4.78 is 16.4. The number of carbonyl (C=O) groups excluding carboxylic acids is 1. The average molecular weight is 313 g/mol. The van der Waals surface area contributed by atoms with Crippen molar-refractivity contribution in [3.63, 3.8) is 0 Å². The van der Waals surface area contributed by atoms with Gasteiger partial charge in [-0.25, -0.2) is 0 Å². The zero-order valence-electron chi connectivity index (χ0n) is 13.1. The van der Waals surface area contributed by atoms with Crippen LogP contribution in [0.3, 0.4) is 0 Å². The Labute approximate surface area is 135 Å². The molecular weight excluding hydrogens is 294 g/mol.